The number of fused-ring (bicyclic) bond motifs is 1. The second-order valence-electron chi connectivity index (χ2n) is 3.10. The van der Waals surface area contributed by atoms with Crippen molar-refractivity contribution in [2.75, 3.05) is 5.43 Å². The molecule has 0 aromatic heterocycles. The summed E-state index contributed by atoms with van der Waals surface area (Å²) in [5.41, 5.74) is 4.26. The Labute approximate surface area is 92.9 Å². The first-order valence-electron chi connectivity index (χ1n) is 4.47. The van der Waals surface area contributed by atoms with Crippen LogP contribution in [0.2, 0.25) is 0 Å². The lowest BCUT2D eigenvalue weighted by Gasteiger charge is -2.02. The van der Waals surface area contributed by atoms with Gasteiger partial charge in [0.25, 0.3) is 10.0 Å². The second kappa shape index (κ2) is 4.05. The number of hydrazine groups is 1. The number of benzene rings is 1. The van der Waals surface area contributed by atoms with Gasteiger partial charge in [-0.15, -0.1) is 4.83 Å². The number of nitrogens with zero attached hydrogens (tertiary/aromatic N) is 1. The number of para-hydroxylation sites is 1. The Bertz CT molecular complexity index is 563. The normalized spacial score (nSPS) is 14.7. The summed E-state index contributed by atoms with van der Waals surface area (Å²) in [6.07, 6.45) is 3.04. The van der Waals surface area contributed by atoms with E-state index in [1.165, 1.54) is 6.08 Å². The average molecular weight is 238 g/mol. The van der Waals surface area contributed by atoms with Gasteiger partial charge in [0.2, 0.25) is 0 Å². The van der Waals surface area contributed by atoms with Crippen molar-refractivity contribution in [2.24, 2.45) is 10.9 Å². The van der Waals surface area contributed by atoms with Crippen LogP contribution in [-0.2, 0) is 10.0 Å². The van der Waals surface area contributed by atoms with E-state index < -0.39 is 10.0 Å². The zero-order valence-electron chi connectivity index (χ0n) is 8.21. The molecule has 6 nitrogen and oxygen atoms in total. The van der Waals surface area contributed by atoms with Crippen molar-refractivity contribution in [1.29, 1.82) is 0 Å². The van der Waals surface area contributed by atoms with Gasteiger partial charge in [0.05, 0.1) is 5.69 Å². The van der Waals surface area contributed by atoms with Crippen LogP contribution in [0.3, 0.4) is 0 Å². The SMILES string of the molecule is NNS(=O)(=O)C1=NNc2ccccc2C=C1. The van der Waals surface area contributed by atoms with Crippen LogP contribution in [0.15, 0.2) is 35.4 Å². The Morgan fingerprint density at radius 2 is 2.00 bits per heavy atom. The van der Waals surface area contributed by atoms with Gasteiger partial charge in [0.1, 0.15) is 0 Å². The molecule has 2 rings (SSSR count). The number of hydrazone groups is 1. The standard InChI is InChI=1S/C9H10N4O2S/c10-13-16(14,15)9-6-5-7-3-1-2-4-8(7)11-12-9/h1-6,11,13H,10H2. The van der Waals surface area contributed by atoms with E-state index in [4.69, 9.17) is 5.84 Å². The molecular weight excluding hydrogens is 228 g/mol. The van der Waals surface area contributed by atoms with Crippen LogP contribution in [0.1, 0.15) is 5.56 Å². The lowest BCUT2D eigenvalue weighted by molar-refractivity contribution is 0.596. The van der Waals surface area contributed by atoms with E-state index >= 15 is 0 Å². The molecule has 0 fully saturated rings. The average Bonchev–Trinajstić information content (AvgIpc) is 2.51. The third kappa shape index (κ3) is 1.96. The van der Waals surface area contributed by atoms with E-state index in [9.17, 15) is 8.42 Å². The molecule has 1 aliphatic rings. The number of rotatable bonds is 1. The smallest absolute Gasteiger partial charge is 0.272 e. The highest BCUT2D eigenvalue weighted by Gasteiger charge is 2.16. The molecule has 0 saturated heterocycles. The Morgan fingerprint density at radius 3 is 2.75 bits per heavy atom. The fourth-order valence-corrected chi connectivity index (χ4v) is 1.80. The highest BCUT2D eigenvalue weighted by molar-refractivity contribution is 8.05. The Balaban J connectivity index is 2.43. The number of anilines is 1. The first kappa shape index (κ1) is 10.8. The molecule has 1 aliphatic heterocycles. The van der Waals surface area contributed by atoms with Crippen LogP contribution in [0.5, 0.6) is 0 Å². The predicted molar refractivity (Wildman–Crippen MR) is 62.8 cm³/mol. The minimum Gasteiger partial charge on any atom is -0.277 e. The van der Waals surface area contributed by atoms with Crippen LogP contribution in [-0.4, -0.2) is 13.5 Å². The third-order valence-electron chi connectivity index (χ3n) is 2.08. The van der Waals surface area contributed by atoms with Gasteiger partial charge >= 0.3 is 0 Å². The summed E-state index contributed by atoms with van der Waals surface area (Å²) >= 11 is 0. The Hall–Kier alpha value is -1.70. The molecule has 4 N–H and O–H groups in total. The van der Waals surface area contributed by atoms with Crippen molar-refractivity contribution in [2.45, 2.75) is 0 Å². The topological polar surface area (TPSA) is 96.6 Å². The van der Waals surface area contributed by atoms with Crippen LogP contribution in [0, 0.1) is 0 Å². The monoisotopic (exact) mass is 238 g/mol. The van der Waals surface area contributed by atoms with Crippen molar-refractivity contribution in [3.05, 3.63) is 35.9 Å². The summed E-state index contributed by atoms with van der Waals surface area (Å²) in [5, 5.41) is 3.60. The van der Waals surface area contributed by atoms with Crippen molar-refractivity contribution in [3.63, 3.8) is 0 Å². The number of sulfonamides is 1. The molecule has 84 valence electrons. The second-order valence-corrected chi connectivity index (χ2v) is 4.76. The summed E-state index contributed by atoms with van der Waals surface area (Å²) in [7, 11) is -3.73. The lowest BCUT2D eigenvalue weighted by atomic mass is 10.2. The van der Waals surface area contributed by atoms with E-state index in [0.29, 0.717) is 0 Å². The first-order valence-corrected chi connectivity index (χ1v) is 5.95. The summed E-state index contributed by atoms with van der Waals surface area (Å²) in [5.74, 6) is 4.91. The molecule has 1 aromatic carbocycles. The van der Waals surface area contributed by atoms with Gasteiger partial charge in [-0.3, -0.25) is 11.3 Å². The predicted octanol–water partition coefficient (Wildman–Crippen LogP) is 0.232. The van der Waals surface area contributed by atoms with Crippen LogP contribution < -0.4 is 16.1 Å². The van der Waals surface area contributed by atoms with Crippen molar-refractivity contribution >= 4 is 26.8 Å². The van der Waals surface area contributed by atoms with Crippen LogP contribution in [0.4, 0.5) is 5.69 Å². The maximum atomic E-state index is 11.4. The highest BCUT2D eigenvalue weighted by Crippen LogP contribution is 2.19. The molecule has 0 bridgehead atoms. The molecule has 1 heterocycles. The summed E-state index contributed by atoms with van der Waals surface area (Å²) < 4.78 is 22.8. The van der Waals surface area contributed by atoms with Gasteiger partial charge in [-0.05, 0) is 23.8 Å². The summed E-state index contributed by atoms with van der Waals surface area (Å²) in [4.78, 5) is 1.72. The Morgan fingerprint density at radius 1 is 1.25 bits per heavy atom. The maximum Gasteiger partial charge on any atom is 0.272 e. The van der Waals surface area contributed by atoms with Gasteiger partial charge in [-0.25, -0.2) is 8.42 Å². The Kier molecular flexibility index (Phi) is 2.73. The van der Waals surface area contributed by atoms with Crippen LogP contribution >= 0.6 is 0 Å². The van der Waals surface area contributed by atoms with Gasteiger partial charge in [0, 0.05) is 0 Å². The number of hydrogen-bond donors (Lipinski definition) is 3. The van der Waals surface area contributed by atoms with E-state index in [-0.39, 0.29) is 5.04 Å². The summed E-state index contributed by atoms with van der Waals surface area (Å²) in [6, 6.07) is 7.33. The van der Waals surface area contributed by atoms with Crippen molar-refractivity contribution in [1.82, 2.24) is 4.83 Å². The highest BCUT2D eigenvalue weighted by atomic mass is 32.2. The molecule has 0 atom stereocenters. The number of nitrogens with one attached hydrogen (secondary N) is 2. The van der Waals surface area contributed by atoms with E-state index in [1.807, 2.05) is 18.2 Å². The van der Waals surface area contributed by atoms with Gasteiger partial charge in [0.15, 0.2) is 5.04 Å². The lowest BCUT2D eigenvalue weighted by Crippen LogP contribution is -2.35. The fourth-order valence-electron chi connectivity index (χ4n) is 1.27. The van der Waals surface area contributed by atoms with Crippen LogP contribution in [0.25, 0.3) is 6.08 Å². The van der Waals surface area contributed by atoms with Gasteiger partial charge < -0.3 is 0 Å². The van der Waals surface area contributed by atoms with E-state index in [0.717, 1.165) is 11.3 Å². The van der Waals surface area contributed by atoms with Crippen molar-refractivity contribution in [3.8, 4) is 0 Å². The zero-order valence-corrected chi connectivity index (χ0v) is 9.03. The molecule has 0 unspecified atom stereocenters. The van der Waals surface area contributed by atoms with E-state index in [2.05, 4.69) is 10.5 Å². The fraction of sp³-hybridized carbons (Fsp3) is 0. The molecule has 0 amide bonds. The largest absolute Gasteiger partial charge is 0.277 e. The maximum absolute atomic E-state index is 11.4. The molecule has 0 radical (unpaired) electrons. The molecule has 16 heavy (non-hydrogen) atoms. The molecule has 0 aliphatic carbocycles. The summed E-state index contributed by atoms with van der Waals surface area (Å²) in [6.45, 7) is 0. The van der Waals surface area contributed by atoms with Gasteiger partial charge in [-0.1, -0.05) is 18.2 Å². The van der Waals surface area contributed by atoms with Gasteiger partial charge in [-0.2, -0.15) is 5.10 Å². The number of hydrogen-bond acceptors (Lipinski definition) is 5. The third-order valence-corrected chi connectivity index (χ3v) is 3.17. The molecule has 1 aromatic rings. The molecule has 0 saturated carbocycles. The van der Waals surface area contributed by atoms with Crippen molar-refractivity contribution < 1.29 is 8.42 Å². The van der Waals surface area contributed by atoms with E-state index in [1.54, 1.807) is 17.0 Å². The minimum atomic E-state index is -3.73. The molecule has 0 spiro atoms. The minimum absolute atomic E-state index is 0.161. The zero-order chi connectivity index (χ0) is 11.6. The first-order chi connectivity index (χ1) is 7.63. The quantitative estimate of drug-likeness (QED) is 0.482. The molecule has 7 heteroatoms. The molecular formula is C9H10N4O2S. The number of nitrogens with two attached hydrogens (primary N) is 1.